The van der Waals surface area contributed by atoms with Crippen molar-refractivity contribution in [2.24, 2.45) is 0 Å². The molecule has 2 aliphatic rings. The predicted molar refractivity (Wildman–Crippen MR) is 93.7 cm³/mol. The van der Waals surface area contributed by atoms with Crippen LogP contribution < -0.4 is 5.32 Å². The third kappa shape index (κ3) is 2.83. The molecule has 0 saturated carbocycles. The largest absolute Gasteiger partial charge is 0.325 e. The Labute approximate surface area is 137 Å². The van der Waals surface area contributed by atoms with E-state index < -0.39 is 0 Å². The van der Waals surface area contributed by atoms with Gasteiger partial charge in [-0.3, -0.25) is 0 Å². The Bertz CT molecular complexity index is 730. The summed E-state index contributed by atoms with van der Waals surface area (Å²) in [6.07, 6.45) is 5.67. The molecule has 0 spiro atoms. The van der Waals surface area contributed by atoms with Crippen molar-refractivity contribution in [3.63, 3.8) is 0 Å². The van der Waals surface area contributed by atoms with Crippen molar-refractivity contribution in [3.05, 3.63) is 53.6 Å². The Morgan fingerprint density at radius 1 is 0.870 bits per heavy atom. The summed E-state index contributed by atoms with van der Waals surface area (Å²) in [5.74, 6) is 0. The molecule has 1 fully saturated rings. The number of carbonyl (C=O) groups excluding carboxylic acids is 1. The minimum absolute atomic E-state index is 0.0439. The minimum Gasteiger partial charge on any atom is -0.325 e. The van der Waals surface area contributed by atoms with E-state index >= 15 is 0 Å². The summed E-state index contributed by atoms with van der Waals surface area (Å²) < 4.78 is 0. The summed E-state index contributed by atoms with van der Waals surface area (Å²) >= 11 is 0. The van der Waals surface area contributed by atoms with Crippen molar-refractivity contribution < 1.29 is 4.79 Å². The smallest absolute Gasteiger partial charge is 0.321 e. The van der Waals surface area contributed by atoms with E-state index in [0.29, 0.717) is 0 Å². The summed E-state index contributed by atoms with van der Waals surface area (Å²) in [7, 11) is 0. The topological polar surface area (TPSA) is 32.3 Å². The number of likely N-dealkylation sites (tertiary alicyclic amines) is 1. The second kappa shape index (κ2) is 6.07. The Balaban J connectivity index is 1.51. The van der Waals surface area contributed by atoms with E-state index in [9.17, 15) is 4.79 Å². The van der Waals surface area contributed by atoms with Crippen LogP contribution in [0.15, 0.2) is 42.5 Å². The van der Waals surface area contributed by atoms with Crippen LogP contribution in [0.25, 0.3) is 11.1 Å². The lowest BCUT2D eigenvalue weighted by atomic mass is 10.1. The molecule has 1 heterocycles. The van der Waals surface area contributed by atoms with Crippen LogP contribution in [-0.2, 0) is 6.42 Å². The molecule has 0 radical (unpaired) electrons. The molecule has 1 N–H and O–H groups in total. The first-order valence-corrected chi connectivity index (χ1v) is 8.58. The maximum Gasteiger partial charge on any atom is 0.321 e. The van der Waals surface area contributed by atoms with Gasteiger partial charge in [-0.05, 0) is 53.6 Å². The Morgan fingerprint density at radius 2 is 1.61 bits per heavy atom. The van der Waals surface area contributed by atoms with Gasteiger partial charge in [0.15, 0.2) is 0 Å². The van der Waals surface area contributed by atoms with E-state index in [1.165, 1.54) is 35.1 Å². The van der Waals surface area contributed by atoms with Gasteiger partial charge in [-0.15, -0.1) is 0 Å². The lowest BCUT2D eigenvalue weighted by Crippen LogP contribution is -2.35. The molecule has 0 atom stereocenters. The van der Waals surface area contributed by atoms with Gasteiger partial charge in [0.25, 0.3) is 0 Å². The number of benzene rings is 2. The summed E-state index contributed by atoms with van der Waals surface area (Å²) in [6, 6.07) is 14.9. The number of rotatable bonds is 1. The van der Waals surface area contributed by atoms with Crippen LogP contribution in [0.5, 0.6) is 0 Å². The lowest BCUT2D eigenvalue weighted by Gasteiger charge is -2.21. The highest BCUT2D eigenvalue weighted by atomic mass is 16.2. The van der Waals surface area contributed by atoms with Crippen LogP contribution in [-0.4, -0.2) is 24.0 Å². The molecule has 0 aromatic heterocycles. The molecule has 4 rings (SSSR count). The highest BCUT2D eigenvalue weighted by Crippen LogP contribution is 2.37. The number of nitrogens with one attached hydrogen (secondary N) is 1. The van der Waals surface area contributed by atoms with E-state index in [2.05, 4.69) is 41.7 Å². The second-order valence-corrected chi connectivity index (χ2v) is 6.54. The number of anilines is 1. The van der Waals surface area contributed by atoms with Gasteiger partial charge >= 0.3 is 6.03 Å². The highest BCUT2D eigenvalue weighted by Gasteiger charge is 2.19. The predicted octanol–water partition coefficient (Wildman–Crippen LogP) is 4.67. The molecule has 1 aliphatic heterocycles. The summed E-state index contributed by atoms with van der Waals surface area (Å²) in [5, 5.41) is 3.08. The summed E-state index contributed by atoms with van der Waals surface area (Å²) in [6.45, 7) is 1.75. The van der Waals surface area contributed by atoms with E-state index in [4.69, 9.17) is 0 Å². The average Bonchev–Trinajstić information content (AvgIpc) is 2.73. The molecule has 2 aromatic carbocycles. The van der Waals surface area contributed by atoms with Crippen LogP contribution in [0.4, 0.5) is 10.5 Å². The van der Waals surface area contributed by atoms with Crippen LogP contribution >= 0.6 is 0 Å². The van der Waals surface area contributed by atoms with Crippen LogP contribution in [0.2, 0.25) is 0 Å². The van der Waals surface area contributed by atoms with Gasteiger partial charge < -0.3 is 10.2 Å². The van der Waals surface area contributed by atoms with Gasteiger partial charge in [-0.2, -0.15) is 0 Å². The monoisotopic (exact) mass is 306 g/mol. The zero-order valence-electron chi connectivity index (χ0n) is 13.3. The Hall–Kier alpha value is -2.29. The van der Waals surface area contributed by atoms with Crippen LogP contribution in [0.3, 0.4) is 0 Å². The van der Waals surface area contributed by atoms with Crippen molar-refractivity contribution >= 4 is 11.7 Å². The van der Waals surface area contributed by atoms with Crippen molar-refractivity contribution in [2.75, 3.05) is 18.4 Å². The molecule has 3 heteroatoms. The first kappa shape index (κ1) is 14.3. The molecule has 2 aromatic rings. The first-order chi connectivity index (χ1) is 11.3. The second-order valence-electron chi connectivity index (χ2n) is 6.54. The Kier molecular flexibility index (Phi) is 3.78. The number of amides is 2. The van der Waals surface area contributed by atoms with E-state index in [1.807, 2.05) is 11.0 Å². The molecule has 118 valence electrons. The van der Waals surface area contributed by atoms with Crippen molar-refractivity contribution in [3.8, 4) is 11.1 Å². The zero-order chi connectivity index (χ0) is 15.6. The van der Waals surface area contributed by atoms with Gasteiger partial charge in [0.2, 0.25) is 0 Å². The molecule has 1 saturated heterocycles. The molecular formula is C20H22N2O. The van der Waals surface area contributed by atoms with E-state index in [0.717, 1.165) is 38.0 Å². The highest BCUT2D eigenvalue weighted by molar-refractivity contribution is 5.90. The number of fused-ring (bicyclic) bond motifs is 3. The molecular weight excluding hydrogens is 284 g/mol. The molecule has 0 bridgehead atoms. The summed E-state index contributed by atoms with van der Waals surface area (Å²) in [5.41, 5.74) is 6.21. The fraction of sp³-hybridized carbons (Fsp3) is 0.350. The van der Waals surface area contributed by atoms with Gasteiger partial charge in [0.05, 0.1) is 0 Å². The van der Waals surface area contributed by atoms with E-state index in [1.54, 1.807) is 0 Å². The van der Waals surface area contributed by atoms with Crippen molar-refractivity contribution in [2.45, 2.75) is 32.1 Å². The number of hydrogen-bond acceptors (Lipinski definition) is 1. The number of urea groups is 1. The quantitative estimate of drug-likeness (QED) is 0.696. The third-order valence-electron chi connectivity index (χ3n) is 4.94. The van der Waals surface area contributed by atoms with E-state index in [-0.39, 0.29) is 6.03 Å². The van der Waals surface area contributed by atoms with Crippen LogP contribution in [0, 0.1) is 0 Å². The maximum absolute atomic E-state index is 12.5. The van der Waals surface area contributed by atoms with Gasteiger partial charge in [-0.1, -0.05) is 43.2 Å². The van der Waals surface area contributed by atoms with Gasteiger partial charge in [-0.25, -0.2) is 4.79 Å². The maximum atomic E-state index is 12.5. The fourth-order valence-electron chi connectivity index (χ4n) is 3.70. The molecule has 3 nitrogen and oxygen atoms in total. The SMILES string of the molecule is O=C(Nc1ccc2c(c1)Cc1ccccc1-2)N1CCCCCC1. The zero-order valence-corrected chi connectivity index (χ0v) is 13.3. The molecule has 23 heavy (non-hydrogen) atoms. The lowest BCUT2D eigenvalue weighted by molar-refractivity contribution is 0.214. The Morgan fingerprint density at radius 3 is 2.43 bits per heavy atom. The minimum atomic E-state index is 0.0439. The normalized spacial score (nSPS) is 16.4. The number of carbonyl (C=O) groups is 1. The average molecular weight is 306 g/mol. The van der Waals surface area contributed by atoms with Crippen LogP contribution in [0.1, 0.15) is 36.8 Å². The molecule has 0 unspecified atom stereocenters. The van der Waals surface area contributed by atoms with Crippen molar-refractivity contribution in [1.82, 2.24) is 4.90 Å². The first-order valence-electron chi connectivity index (χ1n) is 8.58. The third-order valence-corrected chi connectivity index (χ3v) is 4.94. The molecule has 1 aliphatic carbocycles. The summed E-state index contributed by atoms with van der Waals surface area (Å²) in [4.78, 5) is 14.4. The number of nitrogens with zero attached hydrogens (tertiary/aromatic N) is 1. The number of hydrogen-bond donors (Lipinski definition) is 1. The molecule has 2 amide bonds. The van der Waals surface area contributed by atoms with Gasteiger partial charge in [0, 0.05) is 18.8 Å². The van der Waals surface area contributed by atoms with Gasteiger partial charge in [0.1, 0.15) is 0 Å². The standard InChI is InChI=1S/C20H22N2O/c23-20(22-11-5-1-2-6-12-22)21-17-9-10-19-16(14-17)13-15-7-3-4-8-18(15)19/h3-4,7-10,14H,1-2,5-6,11-13H2,(H,21,23). The van der Waals surface area contributed by atoms with Crippen molar-refractivity contribution in [1.29, 1.82) is 0 Å². The fourth-order valence-corrected chi connectivity index (χ4v) is 3.70.